The van der Waals surface area contributed by atoms with Crippen molar-refractivity contribution in [2.75, 3.05) is 12.8 Å². The van der Waals surface area contributed by atoms with Crippen LogP contribution >= 0.6 is 0 Å². The minimum absolute atomic E-state index is 0.0240. The lowest BCUT2D eigenvalue weighted by Gasteiger charge is -2.21. The normalized spacial score (nSPS) is 15.2. The summed E-state index contributed by atoms with van der Waals surface area (Å²) < 4.78 is 45.9. The van der Waals surface area contributed by atoms with Gasteiger partial charge in [-0.2, -0.15) is 0 Å². The third-order valence-electron chi connectivity index (χ3n) is 6.50. The number of amides is 1. The van der Waals surface area contributed by atoms with Crippen molar-refractivity contribution in [1.29, 1.82) is 0 Å². The van der Waals surface area contributed by atoms with Crippen LogP contribution in [-0.2, 0) is 0 Å². The maximum Gasteiger partial charge on any atom is 0.264 e. The van der Waals surface area contributed by atoms with Gasteiger partial charge >= 0.3 is 0 Å². The number of carbonyl (C=O) groups excluding carboxylic acids is 1. The zero-order valence-corrected chi connectivity index (χ0v) is 21.5. The van der Waals surface area contributed by atoms with Crippen molar-refractivity contribution in [1.82, 2.24) is 24.5 Å². The molecule has 2 aromatic carbocycles. The first-order valence-corrected chi connectivity index (χ1v) is 12.3. The van der Waals surface area contributed by atoms with Gasteiger partial charge in [0.25, 0.3) is 17.2 Å². The number of hydrogen-bond donors (Lipinski definition) is 2. The van der Waals surface area contributed by atoms with Crippen LogP contribution in [-0.4, -0.2) is 48.7 Å². The fraction of sp³-hybridized carbons (Fsp3) is 0.133. The van der Waals surface area contributed by atoms with Gasteiger partial charge in [0.2, 0.25) is 0 Å². The van der Waals surface area contributed by atoms with Crippen LogP contribution in [0.1, 0.15) is 47.9 Å². The van der Waals surface area contributed by atoms with E-state index in [1.807, 2.05) is 0 Å². The summed E-state index contributed by atoms with van der Waals surface area (Å²) in [6.07, 6.45) is 5.34. The Labute approximate surface area is 236 Å². The van der Waals surface area contributed by atoms with Crippen molar-refractivity contribution in [2.24, 2.45) is 5.10 Å². The number of fused-ring (bicyclic) bond motifs is 2. The lowest BCUT2D eigenvalue weighted by molar-refractivity contribution is -0.497. The van der Waals surface area contributed by atoms with Gasteiger partial charge in [0, 0.05) is 35.3 Å². The van der Waals surface area contributed by atoms with Crippen LogP contribution in [0.25, 0.3) is 22.1 Å². The lowest BCUT2D eigenvalue weighted by atomic mass is 10.0. The smallest absolute Gasteiger partial charge is 0.264 e. The summed E-state index contributed by atoms with van der Waals surface area (Å²) in [6.45, 7) is 1.61. The summed E-state index contributed by atoms with van der Waals surface area (Å²) in [5, 5.41) is 11.8. The predicted molar refractivity (Wildman–Crippen MR) is 154 cm³/mol. The second-order valence-electron chi connectivity index (χ2n) is 9.02. The first kappa shape index (κ1) is 19.5. The molecule has 196 valence electrons. The molecule has 10 heteroatoms. The number of hydrazone groups is 1. The van der Waals surface area contributed by atoms with E-state index in [4.69, 9.17) is 12.6 Å². The first-order valence-electron chi connectivity index (χ1n) is 14.8. The maximum atomic E-state index is 14.5. The summed E-state index contributed by atoms with van der Waals surface area (Å²) in [7, 11) is 1.76. The molecule has 4 heterocycles. The van der Waals surface area contributed by atoms with E-state index < -0.39 is 47.7 Å². The van der Waals surface area contributed by atoms with Crippen LogP contribution in [0, 0.1) is 11.8 Å². The molecular weight excluding hydrogens is 504 g/mol. The molecule has 0 aliphatic carbocycles. The van der Waals surface area contributed by atoms with Gasteiger partial charge in [-0.3, -0.25) is 14.2 Å². The van der Waals surface area contributed by atoms with E-state index in [0.29, 0.717) is 17.4 Å². The fourth-order valence-electron chi connectivity index (χ4n) is 4.58. The molecule has 1 aliphatic rings. The Bertz CT molecular complexity index is 2250. The summed E-state index contributed by atoms with van der Waals surface area (Å²) in [5.41, 5.74) is 6.53. The van der Waals surface area contributed by atoms with E-state index in [2.05, 4.69) is 32.3 Å². The molecule has 1 amide bonds. The monoisotopic (exact) mass is 534 g/mol. The standard InChI is InChI=1S/C30H24N8O2/c1-19(34-29(39)26-27(31)35-37-17-7-15-32-28(26)37)24-18-21-9-6-8-20(12-13-22-14-16-33-36(22)2)25(21)30(40)38(24)23-10-4-3-5-11-23/h3-11,15-19H,14H2,1-2H3,(H2-,31,34,35,39)/p+1/t19-/m1/s1/i3D,4D,5D,10D,11D. The highest BCUT2D eigenvalue weighted by Crippen LogP contribution is 2.24. The molecule has 0 saturated heterocycles. The molecule has 1 atom stereocenters. The Morgan fingerprint density at radius 2 is 2.05 bits per heavy atom. The van der Waals surface area contributed by atoms with Crippen molar-refractivity contribution < 1.29 is 16.3 Å². The van der Waals surface area contributed by atoms with Gasteiger partial charge < -0.3 is 11.1 Å². The predicted octanol–water partition coefficient (Wildman–Crippen LogP) is 2.93. The molecule has 0 bridgehead atoms. The van der Waals surface area contributed by atoms with E-state index in [1.54, 1.807) is 61.4 Å². The Balaban J connectivity index is 1.58. The summed E-state index contributed by atoms with van der Waals surface area (Å²) in [4.78, 5) is 32.2. The van der Waals surface area contributed by atoms with Crippen molar-refractivity contribution >= 4 is 40.1 Å². The number of benzene rings is 2. The highest BCUT2D eigenvalue weighted by Gasteiger charge is 2.24. The van der Waals surface area contributed by atoms with Crippen molar-refractivity contribution in [3.8, 4) is 17.5 Å². The number of rotatable bonds is 4. The summed E-state index contributed by atoms with van der Waals surface area (Å²) >= 11 is 0. The number of nitrogen functional groups attached to an aromatic ring is 1. The number of aromatic nitrogens is 4. The molecule has 3 N–H and O–H groups in total. The number of nitrogens with one attached hydrogen (secondary N) is 1. The molecule has 0 unspecified atom stereocenters. The van der Waals surface area contributed by atoms with Crippen molar-refractivity contribution in [3.63, 3.8) is 0 Å². The van der Waals surface area contributed by atoms with Gasteiger partial charge in [-0.1, -0.05) is 40.9 Å². The van der Waals surface area contributed by atoms with Crippen LogP contribution in [0.15, 0.2) is 82.8 Å². The SMILES string of the molecule is [2H]c1c([2H])c([2H])c(-n2c([C@@H](C)NC(=O)c3c(N)nn4cccnc34)cc3cccc(C#CC4=[N+](C)N=CC4)c3c2=O)c([2H])c1[2H]. The molecule has 6 rings (SSSR count). The molecule has 5 aromatic rings. The molecule has 0 spiro atoms. The zero-order valence-electron chi connectivity index (χ0n) is 26.5. The molecule has 0 saturated carbocycles. The van der Waals surface area contributed by atoms with Crippen LogP contribution in [0.3, 0.4) is 0 Å². The average Bonchev–Trinajstić information content (AvgIpc) is 3.59. The van der Waals surface area contributed by atoms with Gasteiger partial charge in [0.15, 0.2) is 18.5 Å². The number of anilines is 1. The Morgan fingerprint density at radius 3 is 2.83 bits per heavy atom. The second-order valence-corrected chi connectivity index (χ2v) is 9.02. The van der Waals surface area contributed by atoms with Crippen LogP contribution in [0.4, 0.5) is 5.82 Å². The second kappa shape index (κ2) is 9.96. The number of pyridine rings is 1. The molecule has 3 aromatic heterocycles. The minimum Gasteiger partial charge on any atom is -0.381 e. The van der Waals surface area contributed by atoms with Crippen molar-refractivity contribution in [3.05, 3.63) is 100 Å². The van der Waals surface area contributed by atoms with Gasteiger partial charge in [-0.15, -0.1) is 5.10 Å². The van der Waals surface area contributed by atoms with Crippen LogP contribution in [0.5, 0.6) is 0 Å². The minimum atomic E-state index is -0.930. The van der Waals surface area contributed by atoms with E-state index in [1.165, 1.54) is 10.7 Å². The molecule has 10 nitrogen and oxygen atoms in total. The zero-order chi connectivity index (χ0) is 32.2. The summed E-state index contributed by atoms with van der Waals surface area (Å²) in [6, 6.07) is 4.45. The highest BCUT2D eigenvalue weighted by atomic mass is 16.2. The molecule has 0 fully saturated rings. The lowest BCUT2D eigenvalue weighted by Crippen LogP contribution is -2.32. The fourth-order valence-corrected chi connectivity index (χ4v) is 4.58. The average molecular weight is 535 g/mol. The number of hydrogen-bond acceptors (Lipinski definition) is 6. The van der Waals surface area contributed by atoms with Crippen LogP contribution in [0.2, 0.25) is 0 Å². The highest BCUT2D eigenvalue weighted by molar-refractivity contribution is 6.06. The maximum absolute atomic E-state index is 14.5. The van der Waals surface area contributed by atoms with E-state index in [9.17, 15) is 9.59 Å². The third kappa shape index (κ3) is 4.29. The molecule has 1 aliphatic heterocycles. The van der Waals surface area contributed by atoms with E-state index in [-0.39, 0.29) is 33.8 Å². The van der Waals surface area contributed by atoms with Gasteiger partial charge in [0.05, 0.1) is 30.9 Å². The number of nitrogens with zero attached hydrogens (tertiary/aromatic N) is 6. The van der Waals surface area contributed by atoms with Crippen LogP contribution < -0.4 is 16.6 Å². The first-order chi connectivity index (χ1) is 21.5. The van der Waals surface area contributed by atoms with Gasteiger partial charge in [0.1, 0.15) is 5.56 Å². The van der Waals surface area contributed by atoms with E-state index in [0.717, 1.165) is 10.3 Å². The van der Waals surface area contributed by atoms with E-state index >= 15 is 0 Å². The number of carbonyl (C=O) groups is 1. The molecular formula is C30H25N8O2+. The Hall–Kier alpha value is -5.56. The quantitative estimate of drug-likeness (QED) is 0.271. The molecule has 40 heavy (non-hydrogen) atoms. The Kier molecular flexibility index (Phi) is 4.86. The third-order valence-corrected chi connectivity index (χ3v) is 6.50. The summed E-state index contributed by atoms with van der Waals surface area (Å²) in [5.74, 6) is 5.41. The number of nitrogens with two attached hydrogens (primary N) is 1. The molecule has 0 radical (unpaired) electrons. The largest absolute Gasteiger partial charge is 0.381 e. The number of para-hydroxylation sites is 1. The van der Waals surface area contributed by atoms with Gasteiger partial charge in [-0.25, -0.2) is 9.50 Å². The van der Waals surface area contributed by atoms with Crippen molar-refractivity contribution in [2.45, 2.75) is 19.4 Å². The topological polar surface area (TPSA) is 123 Å². The Morgan fingerprint density at radius 1 is 1.23 bits per heavy atom. The van der Waals surface area contributed by atoms with Gasteiger partial charge in [-0.05, 0) is 47.7 Å².